The van der Waals surface area contributed by atoms with Crippen molar-refractivity contribution in [2.24, 2.45) is 10.9 Å². The van der Waals surface area contributed by atoms with E-state index in [1.165, 1.54) is 4.70 Å². The Balaban J connectivity index is 1.30. The molecule has 7 nitrogen and oxygen atoms in total. The smallest absolute Gasteiger partial charge is 0.194 e. The van der Waals surface area contributed by atoms with Crippen LogP contribution >= 0.6 is 11.3 Å². The fraction of sp³-hybridized carbons (Fsp3) is 0.455. The van der Waals surface area contributed by atoms with Crippen LogP contribution in [0.3, 0.4) is 0 Å². The van der Waals surface area contributed by atoms with Gasteiger partial charge in [0.05, 0.1) is 36.6 Å². The summed E-state index contributed by atoms with van der Waals surface area (Å²) in [6.07, 6.45) is 1.11. The second-order valence-corrected chi connectivity index (χ2v) is 8.35. The summed E-state index contributed by atoms with van der Waals surface area (Å²) in [6, 6.07) is 12.1. The lowest BCUT2D eigenvalue weighted by molar-refractivity contribution is 0.0536. The number of aliphatic imine (C=N–C) groups is 1. The Labute approximate surface area is 180 Å². The van der Waals surface area contributed by atoms with Gasteiger partial charge in [-0.2, -0.15) is 0 Å². The van der Waals surface area contributed by atoms with Gasteiger partial charge in [-0.25, -0.2) is 4.98 Å². The molecule has 1 aliphatic rings. The highest BCUT2D eigenvalue weighted by atomic mass is 32.1. The summed E-state index contributed by atoms with van der Waals surface area (Å²) in [4.78, 5) is 11.4. The summed E-state index contributed by atoms with van der Waals surface area (Å²) in [5.74, 6) is 3.09. The Bertz CT molecular complexity index is 951. The molecular weight excluding hydrogens is 400 g/mol. The maximum atomic E-state index is 6.03. The summed E-state index contributed by atoms with van der Waals surface area (Å²) >= 11 is 1.65. The zero-order chi connectivity index (χ0) is 20.8. The number of nitrogens with one attached hydrogen (secondary N) is 1. The minimum atomic E-state index is 0.523. The van der Waals surface area contributed by atoms with Crippen LogP contribution < -0.4 is 5.32 Å². The first-order valence-corrected chi connectivity index (χ1v) is 11.1. The van der Waals surface area contributed by atoms with Gasteiger partial charge in [0.25, 0.3) is 0 Å². The normalized spacial score (nSPS) is 17.2. The van der Waals surface area contributed by atoms with Crippen molar-refractivity contribution in [2.75, 3.05) is 47.1 Å². The van der Waals surface area contributed by atoms with Crippen molar-refractivity contribution >= 4 is 27.5 Å². The van der Waals surface area contributed by atoms with Crippen molar-refractivity contribution in [2.45, 2.75) is 13.0 Å². The van der Waals surface area contributed by atoms with E-state index >= 15 is 0 Å². The number of ether oxygens (including phenoxy) is 2. The van der Waals surface area contributed by atoms with E-state index in [-0.39, 0.29) is 0 Å². The number of hydrogen-bond acceptors (Lipinski definition) is 6. The standard InChI is InChI=1S/C22H28N4O3S/c1-23-22(26-10-9-16(14-26)15-28-12-11-27-2)24-13-17-7-8-19(29-17)21-25-18-5-3-4-6-20(18)30-21/h3-8,16H,9-15H2,1-2H3,(H,23,24). The third-order valence-electron chi connectivity index (χ3n) is 5.17. The molecule has 1 saturated heterocycles. The van der Waals surface area contributed by atoms with Crippen LogP contribution in [-0.4, -0.2) is 62.9 Å². The number of methoxy groups -OCH3 is 1. The second-order valence-electron chi connectivity index (χ2n) is 7.32. The Hall–Kier alpha value is -2.42. The molecule has 4 rings (SSSR count). The monoisotopic (exact) mass is 428 g/mol. The average Bonchev–Trinajstić information content (AvgIpc) is 3.51. The quantitative estimate of drug-likeness (QED) is 0.336. The molecule has 3 heterocycles. The van der Waals surface area contributed by atoms with Crippen molar-refractivity contribution in [3.05, 3.63) is 42.2 Å². The number of furan rings is 1. The lowest BCUT2D eigenvalue weighted by atomic mass is 10.1. The van der Waals surface area contributed by atoms with Gasteiger partial charge >= 0.3 is 0 Å². The molecule has 3 aromatic rings. The number of thiazole rings is 1. The van der Waals surface area contributed by atoms with Gasteiger partial charge in [0, 0.05) is 33.2 Å². The Morgan fingerprint density at radius 1 is 1.30 bits per heavy atom. The van der Waals surface area contributed by atoms with Gasteiger partial charge in [0.2, 0.25) is 0 Å². The van der Waals surface area contributed by atoms with Crippen LogP contribution in [0.4, 0.5) is 0 Å². The van der Waals surface area contributed by atoms with Gasteiger partial charge in [-0.05, 0) is 30.7 Å². The maximum Gasteiger partial charge on any atom is 0.194 e. The van der Waals surface area contributed by atoms with Crippen LogP contribution in [0.1, 0.15) is 12.2 Å². The molecule has 1 N–H and O–H groups in total. The average molecular weight is 429 g/mol. The highest BCUT2D eigenvalue weighted by Crippen LogP contribution is 2.31. The van der Waals surface area contributed by atoms with E-state index in [4.69, 9.17) is 13.9 Å². The lowest BCUT2D eigenvalue weighted by Crippen LogP contribution is -2.39. The molecule has 1 atom stereocenters. The molecule has 8 heteroatoms. The van der Waals surface area contributed by atoms with Crippen LogP contribution in [0.15, 0.2) is 45.8 Å². The molecule has 1 unspecified atom stereocenters. The Kier molecular flexibility index (Phi) is 6.99. The van der Waals surface area contributed by atoms with Crippen molar-refractivity contribution in [3.8, 4) is 10.8 Å². The molecule has 1 aromatic carbocycles. The molecule has 0 bridgehead atoms. The molecule has 1 aliphatic heterocycles. The number of rotatable bonds is 8. The van der Waals surface area contributed by atoms with Crippen LogP contribution in [0.5, 0.6) is 0 Å². The molecule has 160 valence electrons. The number of nitrogens with zero attached hydrogens (tertiary/aromatic N) is 3. The summed E-state index contributed by atoms with van der Waals surface area (Å²) in [7, 11) is 3.51. The number of benzene rings is 1. The molecular formula is C22H28N4O3S. The summed E-state index contributed by atoms with van der Waals surface area (Å²) in [6.45, 7) is 4.57. The minimum absolute atomic E-state index is 0.523. The number of aromatic nitrogens is 1. The second kappa shape index (κ2) is 10.1. The van der Waals surface area contributed by atoms with E-state index in [0.717, 1.165) is 54.1 Å². The summed E-state index contributed by atoms with van der Waals surface area (Å²) < 4.78 is 17.9. The number of hydrogen-bond donors (Lipinski definition) is 1. The third-order valence-corrected chi connectivity index (χ3v) is 6.22. The molecule has 0 amide bonds. The van der Waals surface area contributed by atoms with Crippen LogP contribution in [0.25, 0.3) is 21.0 Å². The van der Waals surface area contributed by atoms with Crippen LogP contribution in [-0.2, 0) is 16.0 Å². The molecule has 0 spiro atoms. The van der Waals surface area contributed by atoms with Crippen molar-refractivity contribution in [1.82, 2.24) is 15.2 Å². The highest BCUT2D eigenvalue weighted by molar-refractivity contribution is 7.21. The molecule has 2 aromatic heterocycles. The van der Waals surface area contributed by atoms with E-state index in [9.17, 15) is 0 Å². The number of para-hydroxylation sites is 1. The van der Waals surface area contributed by atoms with Crippen LogP contribution in [0.2, 0.25) is 0 Å². The Morgan fingerprint density at radius 3 is 3.03 bits per heavy atom. The van der Waals surface area contributed by atoms with Gasteiger partial charge in [0.15, 0.2) is 16.7 Å². The fourth-order valence-corrected chi connectivity index (χ4v) is 4.54. The largest absolute Gasteiger partial charge is 0.457 e. The number of likely N-dealkylation sites (tertiary alicyclic amines) is 1. The van der Waals surface area contributed by atoms with Gasteiger partial charge in [0.1, 0.15) is 5.76 Å². The zero-order valence-electron chi connectivity index (χ0n) is 17.5. The predicted molar refractivity (Wildman–Crippen MR) is 120 cm³/mol. The lowest BCUT2D eigenvalue weighted by Gasteiger charge is -2.21. The molecule has 1 fully saturated rings. The zero-order valence-corrected chi connectivity index (χ0v) is 18.3. The number of guanidine groups is 1. The van der Waals surface area contributed by atoms with Gasteiger partial charge in [-0.3, -0.25) is 4.99 Å². The van der Waals surface area contributed by atoms with E-state index in [1.807, 2.05) is 37.4 Å². The molecule has 0 aliphatic carbocycles. The van der Waals surface area contributed by atoms with E-state index in [1.54, 1.807) is 18.4 Å². The summed E-state index contributed by atoms with van der Waals surface area (Å²) in [5, 5.41) is 4.33. The summed E-state index contributed by atoms with van der Waals surface area (Å²) in [5.41, 5.74) is 1.00. The molecule has 0 radical (unpaired) electrons. The fourth-order valence-electron chi connectivity index (χ4n) is 3.62. The first kappa shape index (κ1) is 20.8. The van der Waals surface area contributed by atoms with Gasteiger partial charge in [-0.1, -0.05) is 12.1 Å². The maximum absolute atomic E-state index is 6.03. The first-order valence-electron chi connectivity index (χ1n) is 10.2. The highest BCUT2D eigenvalue weighted by Gasteiger charge is 2.25. The van der Waals surface area contributed by atoms with Gasteiger partial charge in [-0.15, -0.1) is 11.3 Å². The van der Waals surface area contributed by atoms with Crippen molar-refractivity contribution < 1.29 is 13.9 Å². The van der Waals surface area contributed by atoms with Gasteiger partial charge < -0.3 is 24.1 Å². The van der Waals surface area contributed by atoms with E-state index < -0.39 is 0 Å². The topological polar surface area (TPSA) is 72.1 Å². The third kappa shape index (κ3) is 5.00. The van der Waals surface area contributed by atoms with E-state index in [0.29, 0.717) is 25.7 Å². The molecule has 30 heavy (non-hydrogen) atoms. The van der Waals surface area contributed by atoms with Crippen LogP contribution in [0, 0.1) is 5.92 Å². The van der Waals surface area contributed by atoms with E-state index in [2.05, 4.69) is 26.3 Å². The predicted octanol–water partition coefficient (Wildman–Crippen LogP) is 3.62. The SMILES string of the molecule is CN=C(NCc1ccc(-c2nc3ccccc3s2)o1)N1CCC(COCCOC)C1. The number of fused-ring (bicyclic) bond motifs is 1. The Morgan fingerprint density at radius 2 is 2.20 bits per heavy atom. The van der Waals surface area contributed by atoms with Crippen molar-refractivity contribution in [3.63, 3.8) is 0 Å². The molecule has 0 saturated carbocycles. The first-order chi connectivity index (χ1) is 14.8. The minimum Gasteiger partial charge on any atom is -0.457 e. The van der Waals surface area contributed by atoms with Crippen molar-refractivity contribution in [1.29, 1.82) is 0 Å².